The molecule has 2 heterocycles. The van der Waals surface area contributed by atoms with Crippen LogP contribution >= 0.6 is 0 Å². The highest BCUT2D eigenvalue weighted by molar-refractivity contribution is 6.00. The van der Waals surface area contributed by atoms with Gasteiger partial charge < -0.3 is 19.6 Å². The molecule has 2 aliphatic heterocycles. The van der Waals surface area contributed by atoms with Crippen LogP contribution in [0, 0.1) is 5.41 Å². The Morgan fingerprint density at radius 1 is 1.20 bits per heavy atom. The largest absolute Gasteiger partial charge is 0.396 e. The molecule has 1 aromatic carbocycles. The molecular formula is C20H30N2O3. The van der Waals surface area contributed by atoms with Crippen LogP contribution < -0.4 is 4.90 Å². The van der Waals surface area contributed by atoms with Gasteiger partial charge in [0.15, 0.2) is 0 Å². The number of aliphatic hydroxyl groups excluding tert-OH is 1. The lowest BCUT2D eigenvalue weighted by atomic mass is 9.78. The number of ether oxygens (including phenoxy) is 1. The number of piperidine rings is 1. The standard InChI is InChI=1S/C20H30N2O3/c1-25-14-10-20(16-23)9-6-13-22(15-20)19(24)17-7-2-3-8-18(17)21-11-4-5-12-21/h2-3,7-8,23H,4-6,9-16H2,1H3. The molecule has 1 aromatic rings. The fourth-order valence-corrected chi connectivity index (χ4v) is 4.17. The molecule has 5 heteroatoms. The summed E-state index contributed by atoms with van der Waals surface area (Å²) in [4.78, 5) is 17.5. The maximum atomic E-state index is 13.2. The second-order valence-electron chi connectivity index (χ2n) is 7.44. The van der Waals surface area contributed by atoms with Gasteiger partial charge in [-0.2, -0.15) is 0 Å². The fourth-order valence-electron chi connectivity index (χ4n) is 4.17. The summed E-state index contributed by atoms with van der Waals surface area (Å²) in [6.45, 7) is 4.15. The number of para-hydroxylation sites is 1. The summed E-state index contributed by atoms with van der Waals surface area (Å²) < 4.78 is 5.22. The number of nitrogens with zero attached hydrogens (tertiary/aromatic N) is 2. The predicted octanol–water partition coefficient (Wildman–Crippen LogP) is 2.54. The van der Waals surface area contributed by atoms with Crippen molar-refractivity contribution in [1.29, 1.82) is 0 Å². The molecule has 3 rings (SSSR count). The Balaban J connectivity index is 1.78. The van der Waals surface area contributed by atoms with E-state index in [2.05, 4.69) is 11.0 Å². The fraction of sp³-hybridized carbons (Fsp3) is 0.650. The molecule has 0 aromatic heterocycles. The third-order valence-electron chi connectivity index (χ3n) is 5.70. The topological polar surface area (TPSA) is 53.0 Å². The molecule has 25 heavy (non-hydrogen) atoms. The van der Waals surface area contributed by atoms with E-state index in [4.69, 9.17) is 4.74 Å². The number of aliphatic hydroxyl groups is 1. The van der Waals surface area contributed by atoms with Gasteiger partial charge in [-0.25, -0.2) is 0 Å². The van der Waals surface area contributed by atoms with Crippen molar-refractivity contribution < 1.29 is 14.6 Å². The number of hydrogen-bond acceptors (Lipinski definition) is 4. The Bertz CT molecular complexity index is 586. The second-order valence-corrected chi connectivity index (χ2v) is 7.44. The zero-order chi connectivity index (χ0) is 17.7. The van der Waals surface area contributed by atoms with Crippen molar-refractivity contribution in [1.82, 2.24) is 4.90 Å². The van der Waals surface area contributed by atoms with E-state index in [9.17, 15) is 9.90 Å². The van der Waals surface area contributed by atoms with Crippen LogP contribution in [0.1, 0.15) is 42.5 Å². The Labute approximate surface area is 150 Å². The number of benzene rings is 1. The first kappa shape index (κ1) is 18.2. The van der Waals surface area contributed by atoms with Gasteiger partial charge in [-0.05, 0) is 44.2 Å². The maximum absolute atomic E-state index is 13.2. The summed E-state index contributed by atoms with van der Waals surface area (Å²) in [6, 6.07) is 7.96. The van der Waals surface area contributed by atoms with Gasteiger partial charge in [0, 0.05) is 51.0 Å². The number of amides is 1. The first-order valence-corrected chi connectivity index (χ1v) is 9.42. The first-order chi connectivity index (χ1) is 12.2. The molecule has 5 nitrogen and oxygen atoms in total. The molecule has 1 N–H and O–H groups in total. The smallest absolute Gasteiger partial charge is 0.255 e. The summed E-state index contributed by atoms with van der Waals surface area (Å²) in [6.07, 6.45) is 5.05. The Morgan fingerprint density at radius 3 is 2.68 bits per heavy atom. The summed E-state index contributed by atoms with van der Waals surface area (Å²) in [5.41, 5.74) is 1.62. The van der Waals surface area contributed by atoms with E-state index in [0.29, 0.717) is 13.2 Å². The van der Waals surface area contributed by atoms with Gasteiger partial charge in [0.1, 0.15) is 0 Å². The van der Waals surface area contributed by atoms with E-state index < -0.39 is 0 Å². The van der Waals surface area contributed by atoms with Crippen molar-refractivity contribution in [3.05, 3.63) is 29.8 Å². The Morgan fingerprint density at radius 2 is 1.96 bits per heavy atom. The lowest BCUT2D eigenvalue weighted by Crippen LogP contribution is -2.48. The number of methoxy groups -OCH3 is 1. The number of likely N-dealkylation sites (tertiary alicyclic amines) is 1. The third kappa shape index (κ3) is 3.98. The molecule has 2 fully saturated rings. The molecule has 0 aliphatic carbocycles. The molecule has 0 spiro atoms. The van der Waals surface area contributed by atoms with Gasteiger partial charge >= 0.3 is 0 Å². The van der Waals surface area contributed by atoms with Crippen LogP contribution in [0.2, 0.25) is 0 Å². The second kappa shape index (κ2) is 8.19. The van der Waals surface area contributed by atoms with Crippen molar-refractivity contribution in [3.63, 3.8) is 0 Å². The molecule has 0 bridgehead atoms. The third-order valence-corrected chi connectivity index (χ3v) is 5.70. The van der Waals surface area contributed by atoms with E-state index in [1.165, 1.54) is 12.8 Å². The molecular weight excluding hydrogens is 316 g/mol. The minimum Gasteiger partial charge on any atom is -0.396 e. The van der Waals surface area contributed by atoms with Crippen molar-refractivity contribution in [2.75, 3.05) is 51.4 Å². The molecule has 2 saturated heterocycles. The highest BCUT2D eigenvalue weighted by Crippen LogP contribution is 2.35. The molecule has 1 atom stereocenters. The van der Waals surface area contributed by atoms with E-state index in [1.807, 2.05) is 23.1 Å². The highest BCUT2D eigenvalue weighted by Gasteiger charge is 2.37. The van der Waals surface area contributed by atoms with Gasteiger partial charge in [-0.15, -0.1) is 0 Å². The van der Waals surface area contributed by atoms with Crippen LogP contribution in [0.5, 0.6) is 0 Å². The van der Waals surface area contributed by atoms with Crippen molar-refractivity contribution >= 4 is 11.6 Å². The van der Waals surface area contributed by atoms with E-state index in [-0.39, 0.29) is 17.9 Å². The summed E-state index contributed by atoms with van der Waals surface area (Å²) in [5.74, 6) is 0.0949. The molecule has 2 aliphatic rings. The minimum absolute atomic E-state index is 0.0949. The number of rotatable bonds is 6. The zero-order valence-corrected chi connectivity index (χ0v) is 15.2. The number of anilines is 1. The lowest BCUT2D eigenvalue weighted by Gasteiger charge is -2.42. The SMILES string of the molecule is COCCC1(CO)CCCN(C(=O)c2ccccc2N2CCCC2)C1. The monoisotopic (exact) mass is 346 g/mol. The van der Waals surface area contributed by atoms with E-state index >= 15 is 0 Å². The molecule has 138 valence electrons. The zero-order valence-electron chi connectivity index (χ0n) is 15.2. The van der Waals surface area contributed by atoms with Crippen LogP contribution in [0.3, 0.4) is 0 Å². The molecule has 1 amide bonds. The van der Waals surface area contributed by atoms with Crippen molar-refractivity contribution in [3.8, 4) is 0 Å². The minimum atomic E-state index is -0.230. The van der Waals surface area contributed by atoms with Gasteiger partial charge in [-0.1, -0.05) is 12.1 Å². The average Bonchev–Trinajstić information content (AvgIpc) is 3.20. The van der Waals surface area contributed by atoms with Gasteiger partial charge in [0.05, 0.1) is 12.2 Å². The molecule has 1 unspecified atom stereocenters. The van der Waals surface area contributed by atoms with Crippen LogP contribution in [0.25, 0.3) is 0 Å². The first-order valence-electron chi connectivity index (χ1n) is 9.42. The summed E-state index contributed by atoms with van der Waals surface area (Å²) in [7, 11) is 1.68. The van der Waals surface area contributed by atoms with Crippen molar-refractivity contribution in [2.24, 2.45) is 5.41 Å². The highest BCUT2D eigenvalue weighted by atomic mass is 16.5. The summed E-state index contributed by atoms with van der Waals surface area (Å²) >= 11 is 0. The van der Waals surface area contributed by atoms with Crippen LogP contribution in [-0.2, 0) is 4.74 Å². The number of hydrogen-bond donors (Lipinski definition) is 1. The summed E-state index contributed by atoms with van der Waals surface area (Å²) in [5, 5.41) is 9.96. The normalized spacial score (nSPS) is 23.9. The van der Waals surface area contributed by atoms with Crippen LogP contribution in [0.15, 0.2) is 24.3 Å². The van der Waals surface area contributed by atoms with Gasteiger partial charge in [0.2, 0.25) is 0 Å². The number of carbonyl (C=O) groups is 1. The van der Waals surface area contributed by atoms with E-state index in [1.54, 1.807) is 7.11 Å². The molecule has 0 saturated carbocycles. The molecule has 0 radical (unpaired) electrons. The Hall–Kier alpha value is -1.59. The average molecular weight is 346 g/mol. The van der Waals surface area contributed by atoms with Gasteiger partial charge in [0.25, 0.3) is 5.91 Å². The van der Waals surface area contributed by atoms with Gasteiger partial charge in [-0.3, -0.25) is 4.79 Å². The quantitative estimate of drug-likeness (QED) is 0.860. The lowest BCUT2D eigenvalue weighted by molar-refractivity contribution is 0.00901. The maximum Gasteiger partial charge on any atom is 0.255 e. The number of carbonyl (C=O) groups excluding carboxylic acids is 1. The van der Waals surface area contributed by atoms with Crippen LogP contribution in [0.4, 0.5) is 5.69 Å². The Kier molecular flexibility index (Phi) is 5.97. The predicted molar refractivity (Wildman–Crippen MR) is 99.0 cm³/mol. The van der Waals surface area contributed by atoms with Crippen LogP contribution in [-0.4, -0.2) is 62.4 Å². The van der Waals surface area contributed by atoms with E-state index in [0.717, 1.165) is 50.1 Å². The van der Waals surface area contributed by atoms with Crippen molar-refractivity contribution in [2.45, 2.75) is 32.1 Å².